The van der Waals surface area contributed by atoms with Crippen LogP contribution in [-0.4, -0.2) is 52.7 Å². The van der Waals surface area contributed by atoms with Gasteiger partial charge in [-0.1, -0.05) is 6.07 Å². The molecule has 0 aliphatic carbocycles. The lowest BCUT2D eigenvalue weighted by Crippen LogP contribution is -2.48. The van der Waals surface area contributed by atoms with Crippen LogP contribution in [0.3, 0.4) is 0 Å². The zero-order valence-corrected chi connectivity index (χ0v) is 19.0. The van der Waals surface area contributed by atoms with Crippen molar-refractivity contribution in [3.63, 3.8) is 0 Å². The predicted molar refractivity (Wildman–Crippen MR) is 123 cm³/mol. The van der Waals surface area contributed by atoms with E-state index >= 15 is 0 Å². The summed E-state index contributed by atoms with van der Waals surface area (Å²) in [6.07, 6.45) is 6.46. The number of nitrogens with two attached hydrogens (primary N) is 1. The van der Waals surface area contributed by atoms with E-state index in [1.54, 1.807) is 56.8 Å². The Morgan fingerprint density at radius 2 is 2.03 bits per heavy atom. The third-order valence-corrected chi connectivity index (χ3v) is 7.33. The van der Waals surface area contributed by atoms with E-state index in [2.05, 4.69) is 6.07 Å². The first-order valence-electron chi connectivity index (χ1n) is 10.9. The van der Waals surface area contributed by atoms with Gasteiger partial charge in [-0.25, -0.2) is 13.6 Å². The predicted octanol–water partition coefficient (Wildman–Crippen LogP) is 1.97. The number of rotatable bonds is 7. The molecule has 0 radical (unpaired) electrons. The molecule has 1 aliphatic rings. The highest BCUT2D eigenvalue weighted by atomic mass is 32.2. The maximum atomic E-state index is 13.8. The van der Waals surface area contributed by atoms with E-state index in [0.29, 0.717) is 36.1 Å². The highest BCUT2D eigenvalue weighted by Gasteiger charge is 2.33. The summed E-state index contributed by atoms with van der Waals surface area (Å²) in [4.78, 5) is 15.5. The Bertz CT molecular complexity index is 1300. The van der Waals surface area contributed by atoms with Crippen LogP contribution in [0.1, 0.15) is 37.4 Å². The first kappa shape index (κ1) is 23.0. The van der Waals surface area contributed by atoms with Crippen LogP contribution in [0.2, 0.25) is 0 Å². The number of amides is 1. The zero-order valence-electron chi connectivity index (χ0n) is 18.2. The molecule has 1 amide bonds. The van der Waals surface area contributed by atoms with Crippen molar-refractivity contribution in [1.29, 1.82) is 5.26 Å². The number of nitrogens with zero attached hydrogens (tertiary/aromatic N) is 4. The van der Waals surface area contributed by atoms with Crippen LogP contribution in [0.5, 0.6) is 0 Å². The van der Waals surface area contributed by atoms with Crippen LogP contribution in [0, 0.1) is 11.3 Å². The molecule has 10 heteroatoms. The van der Waals surface area contributed by atoms with Gasteiger partial charge in [-0.15, -0.1) is 0 Å². The average molecular weight is 470 g/mol. The van der Waals surface area contributed by atoms with Crippen LogP contribution in [0.15, 0.2) is 53.7 Å². The maximum Gasteiger partial charge on any atom is 0.246 e. The molecule has 1 saturated heterocycles. The van der Waals surface area contributed by atoms with E-state index in [1.807, 2.05) is 0 Å². The van der Waals surface area contributed by atoms with Crippen LogP contribution in [0.25, 0.3) is 10.9 Å². The Balaban J connectivity index is 1.75. The van der Waals surface area contributed by atoms with E-state index in [-0.39, 0.29) is 23.5 Å². The standard InChI is InChI=1S/C23H27N5O4S/c24-15-17-6-4-11-26(17)13-10-21(23(30)27-12-2-1-5-18(27)16-29)28-14-9-19-20(28)7-3-8-22(19)33(25,31)32/h3-4,6-9,11,14,18,21,29H,1-2,5,10,12-13,16H2,(H2,25,31,32). The SMILES string of the molecule is N#Cc1cccn1CCC(C(=O)N1CCCCC1CO)n1ccc2c(S(N)(=O)=O)cccc21. The van der Waals surface area contributed by atoms with Gasteiger partial charge >= 0.3 is 0 Å². The van der Waals surface area contributed by atoms with Crippen molar-refractivity contribution in [3.05, 3.63) is 54.5 Å². The summed E-state index contributed by atoms with van der Waals surface area (Å²) < 4.78 is 27.7. The third kappa shape index (κ3) is 4.53. The van der Waals surface area contributed by atoms with Crippen LogP contribution < -0.4 is 5.14 Å². The lowest BCUT2D eigenvalue weighted by atomic mass is 10.0. The van der Waals surface area contributed by atoms with Crippen molar-refractivity contribution in [2.24, 2.45) is 5.14 Å². The zero-order chi connectivity index (χ0) is 23.6. The summed E-state index contributed by atoms with van der Waals surface area (Å²) in [5, 5.41) is 25.0. The minimum atomic E-state index is -3.93. The molecule has 2 aromatic heterocycles. The number of likely N-dealkylation sites (tertiary alicyclic amines) is 1. The number of aliphatic hydroxyl groups is 1. The molecule has 1 aromatic carbocycles. The fourth-order valence-corrected chi connectivity index (χ4v) is 5.45. The Hall–Kier alpha value is -3.13. The van der Waals surface area contributed by atoms with Gasteiger partial charge in [0.05, 0.1) is 23.1 Å². The molecule has 1 fully saturated rings. The minimum absolute atomic E-state index is 0.00772. The highest BCUT2D eigenvalue weighted by Crippen LogP contribution is 2.30. The number of aliphatic hydroxyl groups excluding tert-OH is 1. The number of carbonyl (C=O) groups is 1. The van der Waals surface area contributed by atoms with Crippen LogP contribution in [0.4, 0.5) is 0 Å². The van der Waals surface area contributed by atoms with Gasteiger partial charge in [0, 0.05) is 30.9 Å². The number of aryl methyl sites for hydroxylation is 1. The van der Waals surface area contributed by atoms with E-state index in [9.17, 15) is 23.6 Å². The number of primary sulfonamides is 1. The van der Waals surface area contributed by atoms with Gasteiger partial charge in [0.25, 0.3) is 0 Å². The summed E-state index contributed by atoms with van der Waals surface area (Å²) in [7, 11) is -3.93. The fraction of sp³-hybridized carbons (Fsp3) is 0.391. The number of benzene rings is 1. The van der Waals surface area contributed by atoms with Crippen LogP contribution >= 0.6 is 0 Å². The number of sulfonamides is 1. The normalized spacial score (nSPS) is 17.7. The van der Waals surface area contributed by atoms with Gasteiger partial charge in [0.15, 0.2) is 0 Å². The van der Waals surface area contributed by atoms with Crippen molar-refractivity contribution in [1.82, 2.24) is 14.0 Å². The molecule has 3 N–H and O–H groups in total. The quantitative estimate of drug-likeness (QED) is 0.545. The maximum absolute atomic E-state index is 13.8. The lowest BCUT2D eigenvalue weighted by molar-refractivity contribution is -0.139. The number of hydrogen-bond donors (Lipinski definition) is 2. The Kier molecular flexibility index (Phi) is 6.56. The topological polar surface area (TPSA) is 134 Å². The second kappa shape index (κ2) is 9.39. The van der Waals surface area contributed by atoms with E-state index in [0.717, 1.165) is 19.3 Å². The molecule has 0 saturated carbocycles. The molecule has 0 spiro atoms. The summed E-state index contributed by atoms with van der Waals surface area (Å²) in [6, 6.07) is 11.2. The van der Waals surface area contributed by atoms with Crippen molar-refractivity contribution in [2.45, 2.75) is 49.2 Å². The highest BCUT2D eigenvalue weighted by molar-refractivity contribution is 7.89. The fourth-order valence-electron chi connectivity index (χ4n) is 4.71. The second-order valence-corrected chi connectivity index (χ2v) is 9.85. The van der Waals surface area contributed by atoms with Crippen molar-refractivity contribution < 1.29 is 18.3 Å². The molecule has 2 unspecified atom stereocenters. The van der Waals surface area contributed by atoms with Gasteiger partial charge in [-0.2, -0.15) is 5.26 Å². The first-order chi connectivity index (χ1) is 15.8. The van der Waals surface area contributed by atoms with Crippen molar-refractivity contribution >= 4 is 26.8 Å². The molecule has 2 atom stereocenters. The molecular formula is C23H27N5O4S. The molecule has 174 valence electrons. The molecule has 0 bridgehead atoms. The van der Waals surface area contributed by atoms with Gasteiger partial charge in [0.2, 0.25) is 15.9 Å². The second-order valence-electron chi connectivity index (χ2n) is 8.32. The van der Waals surface area contributed by atoms with E-state index in [4.69, 9.17) is 5.14 Å². The minimum Gasteiger partial charge on any atom is -0.394 e. The number of hydrogen-bond acceptors (Lipinski definition) is 5. The Labute approximate surface area is 192 Å². The van der Waals surface area contributed by atoms with Crippen LogP contribution in [-0.2, 0) is 21.4 Å². The molecular weight excluding hydrogens is 442 g/mol. The van der Waals surface area contributed by atoms with E-state index < -0.39 is 16.1 Å². The monoisotopic (exact) mass is 469 g/mol. The summed E-state index contributed by atoms with van der Waals surface area (Å²) in [5.74, 6) is -0.127. The largest absolute Gasteiger partial charge is 0.394 e. The molecule has 1 aliphatic heterocycles. The smallest absolute Gasteiger partial charge is 0.246 e. The van der Waals surface area contributed by atoms with Gasteiger partial charge < -0.3 is 19.1 Å². The average Bonchev–Trinajstić information content (AvgIpc) is 3.45. The number of piperidine rings is 1. The van der Waals surface area contributed by atoms with Crippen molar-refractivity contribution in [3.8, 4) is 6.07 Å². The van der Waals surface area contributed by atoms with E-state index in [1.165, 1.54) is 6.07 Å². The third-order valence-electron chi connectivity index (χ3n) is 6.36. The molecule has 33 heavy (non-hydrogen) atoms. The molecule has 4 rings (SSSR count). The molecule has 9 nitrogen and oxygen atoms in total. The molecule has 3 aromatic rings. The number of nitriles is 1. The number of carbonyl (C=O) groups excluding carboxylic acids is 1. The Morgan fingerprint density at radius 1 is 1.21 bits per heavy atom. The summed E-state index contributed by atoms with van der Waals surface area (Å²) in [5.41, 5.74) is 1.09. The van der Waals surface area contributed by atoms with Gasteiger partial charge in [-0.3, -0.25) is 4.79 Å². The molecule has 3 heterocycles. The first-order valence-corrected chi connectivity index (χ1v) is 12.5. The Morgan fingerprint density at radius 3 is 2.76 bits per heavy atom. The lowest BCUT2D eigenvalue weighted by Gasteiger charge is -2.37. The number of aromatic nitrogens is 2. The summed E-state index contributed by atoms with van der Waals surface area (Å²) in [6.45, 7) is 0.893. The van der Waals surface area contributed by atoms with Crippen molar-refractivity contribution in [2.75, 3.05) is 13.2 Å². The number of fused-ring (bicyclic) bond motifs is 1. The summed E-state index contributed by atoms with van der Waals surface area (Å²) >= 11 is 0. The van der Waals surface area contributed by atoms with Gasteiger partial charge in [-0.05, 0) is 56.0 Å². The van der Waals surface area contributed by atoms with Gasteiger partial charge in [0.1, 0.15) is 17.8 Å².